The zero-order chi connectivity index (χ0) is 10.7. The van der Waals surface area contributed by atoms with Crippen molar-refractivity contribution in [1.29, 1.82) is 5.26 Å². The Labute approximate surface area is 83.6 Å². The van der Waals surface area contributed by atoms with E-state index in [2.05, 4.69) is 4.98 Å². The highest BCUT2D eigenvalue weighted by Crippen LogP contribution is 2.35. The normalized spacial score (nSPS) is 10.2. The Morgan fingerprint density at radius 3 is 2.79 bits per heavy atom. The van der Waals surface area contributed by atoms with E-state index in [4.69, 9.17) is 22.0 Å². The van der Waals surface area contributed by atoms with Crippen LogP contribution in [0.3, 0.4) is 0 Å². The molecule has 0 saturated carbocycles. The average Bonchev–Trinajstić information content (AvgIpc) is 2.10. The van der Waals surface area contributed by atoms with Gasteiger partial charge in [-0.3, -0.25) is 4.98 Å². The maximum atomic E-state index is 12.4. The number of aromatic nitrogens is 1. The van der Waals surface area contributed by atoms with Crippen LogP contribution in [0.5, 0.6) is 5.75 Å². The van der Waals surface area contributed by atoms with Gasteiger partial charge >= 0.3 is 0 Å². The molecule has 1 aromatic heterocycles. The molecule has 6 heteroatoms. The van der Waals surface area contributed by atoms with Crippen molar-refractivity contribution in [3.63, 3.8) is 0 Å². The molecule has 0 radical (unpaired) electrons. The van der Waals surface area contributed by atoms with Gasteiger partial charge in [-0.25, -0.2) is 8.78 Å². The Balaban J connectivity index is 3.28. The van der Waals surface area contributed by atoms with Crippen molar-refractivity contribution >= 4 is 11.6 Å². The van der Waals surface area contributed by atoms with Crippen LogP contribution in [0.2, 0.25) is 5.02 Å². The molecule has 0 spiro atoms. The number of pyridine rings is 1. The molecule has 0 bridgehead atoms. The maximum absolute atomic E-state index is 12.4. The first-order valence-corrected chi connectivity index (χ1v) is 3.97. The van der Waals surface area contributed by atoms with Gasteiger partial charge in [0, 0.05) is 0 Å². The van der Waals surface area contributed by atoms with E-state index in [1.54, 1.807) is 6.07 Å². The van der Waals surface area contributed by atoms with Gasteiger partial charge in [0.05, 0.1) is 35.0 Å². The third kappa shape index (κ3) is 1.91. The van der Waals surface area contributed by atoms with E-state index in [1.165, 1.54) is 0 Å². The first kappa shape index (κ1) is 10.7. The molecule has 0 amide bonds. The zero-order valence-electron chi connectivity index (χ0n) is 6.84. The van der Waals surface area contributed by atoms with Gasteiger partial charge in [-0.05, 0) is 0 Å². The zero-order valence-corrected chi connectivity index (χ0v) is 7.59. The molecular weight excluding hydrogens is 214 g/mol. The van der Waals surface area contributed by atoms with E-state index < -0.39 is 17.7 Å². The van der Waals surface area contributed by atoms with Gasteiger partial charge in [0.25, 0.3) is 6.43 Å². The lowest BCUT2D eigenvalue weighted by atomic mass is 10.2. The predicted molar refractivity (Wildman–Crippen MR) is 45.2 cm³/mol. The fraction of sp³-hybridized carbons (Fsp3) is 0.250. The SMILES string of the molecule is N#CCc1ncc(O)c(C(F)F)c1Cl. The van der Waals surface area contributed by atoms with Gasteiger partial charge in [-0.2, -0.15) is 5.26 Å². The molecule has 3 nitrogen and oxygen atoms in total. The van der Waals surface area contributed by atoms with Gasteiger partial charge in [-0.15, -0.1) is 0 Å². The third-order valence-corrected chi connectivity index (χ3v) is 1.99. The Bertz CT molecular complexity index is 390. The molecule has 0 aromatic carbocycles. The molecule has 1 N–H and O–H groups in total. The molecule has 0 aliphatic rings. The van der Waals surface area contributed by atoms with Crippen molar-refractivity contribution in [2.45, 2.75) is 12.8 Å². The highest BCUT2D eigenvalue weighted by atomic mass is 35.5. The molecule has 0 fully saturated rings. The largest absolute Gasteiger partial charge is 0.506 e. The van der Waals surface area contributed by atoms with Crippen molar-refractivity contribution in [3.8, 4) is 11.8 Å². The van der Waals surface area contributed by atoms with E-state index in [9.17, 15) is 8.78 Å². The molecule has 1 rings (SSSR count). The Morgan fingerprint density at radius 2 is 2.29 bits per heavy atom. The van der Waals surface area contributed by atoms with Crippen molar-refractivity contribution in [2.24, 2.45) is 0 Å². The summed E-state index contributed by atoms with van der Waals surface area (Å²) in [5, 5.41) is 17.0. The molecule has 74 valence electrons. The number of halogens is 3. The standard InChI is InChI=1S/C8H5ClF2N2O/c9-7-4(1-2-12)13-3-5(14)6(7)8(10)11/h3,8,14H,1H2. The van der Waals surface area contributed by atoms with Crippen LogP contribution in [-0.2, 0) is 6.42 Å². The topological polar surface area (TPSA) is 56.9 Å². The fourth-order valence-corrected chi connectivity index (χ4v) is 1.23. The van der Waals surface area contributed by atoms with Crippen LogP contribution in [0.1, 0.15) is 17.7 Å². The lowest BCUT2D eigenvalue weighted by molar-refractivity contribution is 0.147. The van der Waals surface area contributed by atoms with Gasteiger partial charge in [-0.1, -0.05) is 11.6 Å². The number of alkyl halides is 2. The molecular formula is C8H5ClF2N2O. The highest BCUT2D eigenvalue weighted by molar-refractivity contribution is 6.32. The third-order valence-electron chi connectivity index (χ3n) is 1.57. The lowest BCUT2D eigenvalue weighted by Crippen LogP contribution is -1.96. The van der Waals surface area contributed by atoms with Crippen LogP contribution in [0.4, 0.5) is 8.78 Å². The minimum atomic E-state index is -2.89. The number of hydrogen-bond acceptors (Lipinski definition) is 3. The van der Waals surface area contributed by atoms with Gasteiger partial charge < -0.3 is 5.11 Å². The lowest BCUT2D eigenvalue weighted by Gasteiger charge is -2.07. The number of nitriles is 1. The van der Waals surface area contributed by atoms with E-state index in [1.807, 2.05) is 0 Å². The Hall–Kier alpha value is -1.41. The minimum Gasteiger partial charge on any atom is -0.506 e. The van der Waals surface area contributed by atoms with Crippen molar-refractivity contribution < 1.29 is 13.9 Å². The molecule has 0 aliphatic heterocycles. The summed E-state index contributed by atoms with van der Waals surface area (Å²) < 4.78 is 24.7. The number of hydrogen-bond donors (Lipinski definition) is 1. The summed E-state index contributed by atoms with van der Waals surface area (Å²) in [6, 6.07) is 1.74. The summed E-state index contributed by atoms with van der Waals surface area (Å²) in [7, 11) is 0. The van der Waals surface area contributed by atoms with E-state index >= 15 is 0 Å². The van der Waals surface area contributed by atoms with E-state index in [0.29, 0.717) is 0 Å². The first-order valence-electron chi connectivity index (χ1n) is 3.59. The molecule has 0 atom stereocenters. The van der Waals surface area contributed by atoms with Crippen LogP contribution >= 0.6 is 11.6 Å². The second-order valence-electron chi connectivity index (χ2n) is 2.45. The van der Waals surface area contributed by atoms with Crippen molar-refractivity contribution in [1.82, 2.24) is 4.98 Å². The fourth-order valence-electron chi connectivity index (χ4n) is 0.939. The van der Waals surface area contributed by atoms with Crippen molar-refractivity contribution in [3.05, 3.63) is 22.5 Å². The molecule has 0 aliphatic carbocycles. The van der Waals surface area contributed by atoms with Gasteiger partial charge in [0.15, 0.2) is 0 Å². The van der Waals surface area contributed by atoms with E-state index in [-0.39, 0.29) is 17.1 Å². The highest BCUT2D eigenvalue weighted by Gasteiger charge is 2.20. The number of rotatable bonds is 2. The van der Waals surface area contributed by atoms with Crippen LogP contribution < -0.4 is 0 Å². The first-order chi connectivity index (χ1) is 6.57. The average molecular weight is 219 g/mol. The Kier molecular flexibility index (Phi) is 3.20. The summed E-state index contributed by atoms with van der Waals surface area (Å²) in [6.45, 7) is 0. The molecule has 1 heterocycles. The summed E-state index contributed by atoms with van der Waals surface area (Å²) >= 11 is 5.53. The quantitative estimate of drug-likeness (QED) is 0.830. The predicted octanol–water partition coefficient (Wildman–Crippen LogP) is 2.44. The molecule has 0 unspecified atom stereocenters. The van der Waals surface area contributed by atoms with Gasteiger partial charge in [0.2, 0.25) is 0 Å². The maximum Gasteiger partial charge on any atom is 0.268 e. The van der Waals surface area contributed by atoms with E-state index in [0.717, 1.165) is 6.20 Å². The summed E-state index contributed by atoms with van der Waals surface area (Å²) in [5.41, 5.74) is -0.630. The van der Waals surface area contributed by atoms with Crippen molar-refractivity contribution in [2.75, 3.05) is 0 Å². The second-order valence-corrected chi connectivity index (χ2v) is 2.83. The Morgan fingerprint density at radius 1 is 1.64 bits per heavy atom. The number of aromatic hydroxyl groups is 1. The van der Waals surface area contributed by atoms with Crippen LogP contribution in [0.15, 0.2) is 6.20 Å². The van der Waals surface area contributed by atoms with Crippen LogP contribution in [0.25, 0.3) is 0 Å². The number of nitrogens with zero attached hydrogens (tertiary/aromatic N) is 2. The van der Waals surface area contributed by atoms with Crippen LogP contribution in [-0.4, -0.2) is 10.1 Å². The minimum absolute atomic E-state index is 0.0438. The molecule has 0 saturated heterocycles. The second kappa shape index (κ2) is 4.20. The summed E-state index contributed by atoms with van der Waals surface area (Å²) in [5.74, 6) is -0.660. The van der Waals surface area contributed by atoms with Crippen LogP contribution in [0, 0.1) is 11.3 Å². The summed E-state index contributed by atoms with van der Waals surface area (Å²) in [6.07, 6.45) is -2.19. The molecule has 1 aromatic rings. The monoisotopic (exact) mass is 218 g/mol. The smallest absolute Gasteiger partial charge is 0.268 e. The summed E-state index contributed by atoms with van der Waals surface area (Å²) in [4.78, 5) is 3.57. The van der Waals surface area contributed by atoms with Gasteiger partial charge in [0.1, 0.15) is 5.75 Å². The molecule has 14 heavy (non-hydrogen) atoms.